The molecule has 0 radical (unpaired) electrons. The minimum Gasteiger partial charge on any atom is -0.366 e. The monoisotopic (exact) mass is 399 g/mol. The Kier molecular flexibility index (Phi) is 6.22. The van der Waals surface area contributed by atoms with Crippen molar-refractivity contribution in [2.24, 2.45) is 5.92 Å². The summed E-state index contributed by atoms with van der Waals surface area (Å²) in [7, 11) is 1.97. The molecule has 0 saturated carbocycles. The molecule has 2 fully saturated rings. The van der Waals surface area contributed by atoms with Gasteiger partial charge < -0.3 is 19.9 Å². The number of nitrogens with one attached hydrogen (secondary N) is 2. The van der Waals surface area contributed by atoms with Crippen LogP contribution in [-0.2, 0) is 16.1 Å². The largest absolute Gasteiger partial charge is 0.366 e. The summed E-state index contributed by atoms with van der Waals surface area (Å²) in [6.45, 7) is 4.83. The van der Waals surface area contributed by atoms with Gasteiger partial charge in [-0.25, -0.2) is 4.98 Å². The average molecular weight is 399 g/mol. The summed E-state index contributed by atoms with van der Waals surface area (Å²) in [6.07, 6.45) is 1.62. The van der Waals surface area contributed by atoms with E-state index in [-0.39, 0.29) is 11.5 Å². The Bertz CT molecular complexity index is 907. The summed E-state index contributed by atoms with van der Waals surface area (Å²) < 4.78 is 5.79. The Morgan fingerprint density at radius 3 is 2.86 bits per heavy atom. The zero-order valence-corrected chi connectivity index (χ0v) is 16.9. The van der Waals surface area contributed by atoms with Crippen molar-refractivity contribution in [1.29, 1.82) is 0 Å². The van der Waals surface area contributed by atoms with E-state index in [1.165, 1.54) is 0 Å². The second-order valence-corrected chi connectivity index (χ2v) is 7.95. The van der Waals surface area contributed by atoms with Gasteiger partial charge >= 0.3 is 0 Å². The molecule has 0 aliphatic carbocycles. The Hall–Kier alpha value is -2.29. The number of H-pyrrole nitrogens is 1. The molecule has 3 heterocycles. The quantitative estimate of drug-likeness (QED) is 0.765. The molecule has 2 aliphatic rings. The van der Waals surface area contributed by atoms with Crippen LogP contribution in [0.1, 0.15) is 18.7 Å². The molecule has 1 amide bonds. The third kappa shape index (κ3) is 4.66. The van der Waals surface area contributed by atoms with Gasteiger partial charge in [-0.3, -0.25) is 14.5 Å². The smallest absolute Gasteiger partial charge is 0.258 e. The highest BCUT2D eigenvalue weighted by molar-refractivity contribution is 5.81. The molecule has 8 heteroatoms. The van der Waals surface area contributed by atoms with Crippen LogP contribution < -0.4 is 10.9 Å². The van der Waals surface area contributed by atoms with E-state index in [1.807, 2.05) is 30.1 Å². The standard InChI is InChI=1S/C21H29N5O3/c1-22-12-15-6-8-26(9-7-15)21(28)18-13-25(10-11-29-18)14-19-23-17-5-3-2-4-16(17)20(27)24-19/h2-5,15,18,22H,6-14H2,1H3,(H,23,24,27)/t18-/m1/s1. The predicted octanol–water partition coefficient (Wildman–Crippen LogP) is 0.582. The summed E-state index contributed by atoms with van der Waals surface area (Å²) in [5.74, 6) is 1.34. The molecular weight excluding hydrogens is 370 g/mol. The Labute approximate surface area is 170 Å². The van der Waals surface area contributed by atoms with Crippen LogP contribution >= 0.6 is 0 Å². The van der Waals surface area contributed by atoms with Crippen molar-refractivity contribution >= 4 is 16.8 Å². The van der Waals surface area contributed by atoms with Gasteiger partial charge in [0.2, 0.25) is 0 Å². The molecule has 8 nitrogen and oxygen atoms in total. The highest BCUT2D eigenvalue weighted by Gasteiger charge is 2.32. The first kappa shape index (κ1) is 20.0. The summed E-state index contributed by atoms with van der Waals surface area (Å²) >= 11 is 0. The topological polar surface area (TPSA) is 90.6 Å². The number of hydrogen-bond donors (Lipinski definition) is 2. The number of nitrogens with zero attached hydrogens (tertiary/aromatic N) is 3. The molecule has 0 bridgehead atoms. The van der Waals surface area contributed by atoms with Crippen LogP contribution in [0.4, 0.5) is 0 Å². The van der Waals surface area contributed by atoms with Crippen LogP contribution in [0.15, 0.2) is 29.1 Å². The van der Waals surface area contributed by atoms with Crippen LogP contribution in [0.25, 0.3) is 10.9 Å². The molecule has 2 aliphatic heterocycles. The van der Waals surface area contributed by atoms with Crippen molar-refractivity contribution in [2.75, 3.05) is 46.4 Å². The van der Waals surface area contributed by atoms with E-state index >= 15 is 0 Å². The second kappa shape index (κ2) is 9.02. The zero-order chi connectivity index (χ0) is 20.2. The predicted molar refractivity (Wildman–Crippen MR) is 111 cm³/mol. The molecular formula is C21H29N5O3. The number of aromatic nitrogens is 2. The number of para-hydroxylation sites is 1. The molecule has 1 atom stereocenters. The third-order valence-corrected chi connectivity index (χ3v) is 5.88. The lowest BCUT2D eigenvalue weighted by Crippen LogP contribution is -2.52. The minimum absolute atomic E-state index is 0.0811. The van der Waals surface area contributed by atoms with E-state index in [2.05, 4.69) is 20.2 Å². The number of carbonyl (C=O) groups excluding carboxylic acids is 1. The molecule has 2 aromatic rings. The van der Waals surface area contributed by atoms with Gasteiger partial charge in [0, 0.05) is 26.2 Å². The number of aromatic amines is 1. The van der Waals surface area contributed by atoms with E-state index in [0.29, 0.717) is 48.9 Å². The first-order valence-electron chi connectivity index (χ1n) is 10.4. The summed E-state index contributed by atoms with van der Waals surface area (Å²) in [4.78, 5) is 36.7. The lowest BCUT2D eigenvalue weighted by Gasteiger charge is -2.37. The maximum Gasteiger partial charge on any atom is 0.258 e. The van der Waals surface area contributed by atoms with Gasteiger partial charge in [-0.15, -0.1) is 0 Å². The fourth-order valence-corrected chi connectivity index (χ4v) is 4.27. The molecule has 1 aromatic carbocycles. The number of likely N-dealkylation sites (tertiary alicyclic amines) is 1. The molecule has 156 valence electrons. The van der Waals surface area contributed by atoms with Crippen molar-refractivity contribution in [3.63, 3.8) is 0 Å². The van der Waals surface area contributed by atoms with Gasteiger partial charge in [0.15, 0.2) is 0 Å². The second-order valence-electron chi connectivity index (χ2n) is 7.95. The fourth-order valence-electron chi connectivity index (χ4n) is 4.27. The van der Waals surface area contributed by atoms with Crippen LogP contribution in [-0.4, -0.2) is 78.2 Å². The highest BCUT2D eigenvalue weighted by Crippen LogP contribution is 2.19. The molecule has 2 N–H and O–H groups in total. The van der Waals surface area contributed by atoms with Crippen molar-refractivity contribution in [3.8, 4) is 0 Å². The van der Waals surface area contributed by atoms with Gasteiger partial charge in [0.1, 0.15) is 11.9 Å². The maximum absolute atomic E-state index is 12.9. The normalized spacial score (nSPS) is 21.6. The lowest BCUT2D eigenvalue weighted by molar-refractivity contribution is -0.151. The van der Waals surface area contributed by atoms with Gasteiger partial charge in [-0.05, 0) is 44.5 Å². The molecule has 1 aromatic heterocycles. The third-order valence-electron chi connectivity index (χ3n) is 5.88. The van der Waals surface area contributed by atoms with E-state index in [9.17, 15) is 9.59 Å². The van der Waals surface area contributed by atoms with Crippen molar-refractivity contribution in [3.05, 3.63) is 40.4 Å². The number of benzene rings is 1. The number of carbonyl (C=O) groups is 1. The fraction of sp³-hybridized carbons (Fsp3) is 0.571. The Morgan fingerprint density at radius 2 is 2.07 bits per heavy atom. The van der Waals surface area contributed by atoms with Crippen LogP contribution in [0.3, 0.4) is 0 Å². The highest BCUT2D eigenvalue weighted by atomic mass is 16.5. The Morgan fingerprint density at radius 1 is 1.28 bits per heavy atom. The molecule has 29 heavy (non-hydrogen) atoms. The molecule has 0 unspecified atom stereocenters. The number of piperidine rings is 1. The van der Waals surface area contributed by atoms with Gasteiger partial charge in [-0.2, -0.15) is 0 Å². The minimum atomic E-state index is -0.447. The summed E-state index contributed by atoms with van der Waals surface area (Å²) in [5, 5.41) is 3.81. The van der Waals surface area contributed by atoms with Crippen LogP contribution in [0.2, 0.25) is 0 Å². The number of amides is 1. The molecule has 2 saturated heterocycles. The summed E-state index contributed by atoms with van der Waals surface area (Å²) in [5.41, 5.74) is 0.563. The van der Waals surface area contributed by atoms with E-state index in [4.69, 9.17) is 4.74 Å². The van der Waals surface area contributed by atoms with Gasteiger partial charge in [0.05, 0.1) is 24.1 Å². The van der Waals surface area contributed by atoms with Crippen molar-refractivity contribution < 1.29 is 9.53 Å². The van der Waals surface area contributed by atoms with Gasteiger partial charge in [0.25, 0.3) is 11.5 Å². The van der Waals surface area contributed by atoms with Crippen molar-refractivity contribution in [1.82, 2.24) is 25.1 Å². The number of ether oxygens (including phenoxy) is 1. The number of rotatable bonds is 5. The first-order chi connectivity index (χ1) is 14.1. The molecule has 0 spiro atoms. The van der Waals surface area contributed by atoms with E-state index in [1.54, 1.807) is 6.07 Å². The van der Waals surface area contributed by atoms with Gasteiger partial charge in [-0.1, -0.05) is 12.1 Å². The van der Waals surface area contributed by atoms with Crippen LogP contribution in [0, 0.1) is 5.92 Å². The molecule has 4 rings (SSSR count). The zero-order valence-electron chi connectivity index (χ0n) is 16.9. The number of fused-ring (bicyclic) bond motifs is 1. The van der Waals surface area contributed by atoms with Crippen molar-refractivity contribution in [2.45, 2.75) is 25.5 Å². The lowest BCUT2D eigenvalue weighted by atomic mass is 9.96. The number of morpholine rings is 1. The number of hydrogen-bond acceptors (Lipinski definition) is 6. The Balaban J connectivity index is 1.37. The summed E-state index contributed by atoms with van der Waals surface area (Å²) in [6, 6.07) is 7.33. The first-order valence-corrected chi connectivity index (χ1v) is 10.4. The SMILES string of the molecule is CNCC1CCN(C(=O)[C@H]2CN(Cc3nc4ccccc4c(=O)[nH]3)CCO2)CC1. The van der Waals surface area contributed by atoms with E-state index < -0.39 is 6.10 Å². The van der Waals surface area contributed by atoms with Crippen LogP contribution in [0.5, 0.6) is 0 Å². The van der Waals surface area contributed by atoms with E-state index in [0.717, 1.165) is 32.5 Å². The maximum atomic E-state index is 12.9. The average Bonchev–Trinajstić information content (AvgIpc) is 2.74.